The van der Waals surface area contributed by atoms with Gasteiger partial charge in [-0.15, -0.1) is 0 Å². The third-order valence-electron chi connectivity index (χ3n) is 3.81. The van der Waals surface area contributed by atoms with Crippen LogP contribution in [0.15, 0.2) is 4.99 Å². The van der Waals surface area contributed by atoms with Gasteiger partial charge in [0.25, 0.3) is 5.96 Å². The molecule has 0 bridgehead atoms. The molecular formula is C11H23N7O3. The smallest absolute Gasteiger partial charge is 0.251 e. The molecule has 10 heteroatoms. The van der Waals surface area contributed by atoms with E-state index in [9.17, 15) is 14.9 Å². The van der Waals surface area contributed by atoms with Crippen molar-refractivity contribution in [2.75, 3.05) is 26.7 Å². The molecule has 1 aliphatic rings. The summed E-state index contributed by atoms with van der Waals surface area (Å²) in [5.74, 6) is -0.690. The van der Waals surface area contributed by atoms with Crippen LogP contribution in [0.25, 0.3) is 0 Å². The number of nitrogens with zero attached hydrogens (tertiary/aromatic N) is 3. The third kappa shape index (κ3) is 5.16. The number of carbonyl (C=O) groups excluding carboxylic acids is 1. The largest absolute Gasteiger partial charge is 0.369 e. The molecule has 1 saturated heterocycles. The minimum atomic E-state index is -0.760. The Morgan fingerprint density at radius 2 is 2.24 bits per heavy atom. The SMILES string of the molecule is CN1CC(C(CCN)C(N)=O)CC1CN=C(N)N[N+](=O)[O-]. The molecule has 1 amide bonds. The van der Waals surface area contributed by atoms with Crippen LogP contribution in [0.1, 0.15) is 12.8 Å². The molecule has 0 spiro atoms. The first-order valence-electron chi connectivity index (χ1n) is 6.75. The normalized spacial score (nSPS) is 24.8. The van der Waals surface area contributed by atoms with E-state index in [0.29, 0.717) is 19.5 Å². The molecule has 3 atom stereocenters. The van der Waals surface area contributed by atoms with E-state index in [0.717, 1.165) is 13.0 Å². The number of guanidine groups is 1. The third-order valence-corrected chi connectivity index (χ3v) is 3.81. The van der Waals surface area contributed by atoms with Crippen molar-refractivity contribution in [1.29, 1.82) is 0 Å². The molecule has 1 aliphatic heterocycles. The number of hydrazine groups is 1. The van der Waals surface area contributed by atoms with Gasteiger partial charge in [-0.25, -0.2) is 15.1 Å². The number of carbonyl (C=O) groups is 1. The fraction of sp³-hybridized carbons (Fsp3) is 0.818. The zero-order valence-electron chi connectivity index (χ0n) is 12.1. The minimum absolute atomic E-state index is 0.0710. The van der Waals surface area contributed by atoms with Gasteiger partial charge in [0.05, 0.1) is 6.54 Å². The average molecular weight is 301 g/mol. The second-order valence-corrected chi connectivity index (χ2v) is 5.27. The molecule has 0 aromatic rings. The number of primary amides is 1. The molecule has 0 aliphatic carbocycles. The fourth-order valence-corrected chi connectivity index (χ4v) is 2.75. The van der Waals surface area contributed by atoms with E-state index in [1.807, 2.05) is 7.05 Å². The summed E-state index contributed by atoms with van der Waals surface area (Å²) in [6.45, 7) is 1.46. The van der Waals surface area contributed by atoms with Crippen LogP contribution in [0.2, 0.25) is 0 Å². The van der Waals surface area contributed by atoms with Gasteiger partial charge in [-0.3, -0.25) is 4.79 Å². The molecule has 0 saturated carbocycles. The molecule has 10 nitrogen and oxygen atoms in total. The maximum atomic E-state index is 11.5. The first-order chi connectivity index (χ1) is 9.85. The maximum absolute atomic E-state index is 11.5. The Labute approximate surface area is 122 Å². The first-order valence-corrected chi connectivity index (χ1v) is 6.75. The Kier molecular flexibility index (Phi) is 6.31. The van der Waals surface area contributed by atoms with Crippen LogP contribution in [0.4, 0.5) is 0 Å². The number of rotatable bonds is 7. The molecule has 7 N–H and O–H groups in total. The van der Waals surface area contributed by atoms with Gasteiger partial charge in [-0.2, -0.15) is 0 Å². The average Bonchev–Trinajstić information content (AvgIpc) is 2.73. The van der Waals surface area contributed by atoms with E-state index >= 15 is 0 Å². The van der Waals surface area contributed by atoms with Crippen LogP contribution < -0.4 is 22.6 Å². The quantitative estimate of drug-likeness (QED) is 0.180. The Morgan fingerprint density at radius 1 is 1.57 bits per heavy atom. The summed E-state index contributed by atoms with van der Waals surface area (Å²) in [4.78, 5) is 27.7. The Bertz CT molecular complexity index is 415. The number of amides is 1. The topological polar surface area (TPSA) is 166 Å². The van der Waals surface area contributed by atoms with Crippen molar-refractivity contribution in [2.24, 2.45) is 34.0 Å². The van der Waals surface area contributed by atoms with Crippen molar-refractivity contribution in [1.82, 2.24) is 10.3 Å². The lowest BCUT2D eigenvalue weighted by molar-refractivity contribution is -0.525. The van der Waals surface area contributed by atoms with Crippen LogP contribution >= 0.6 is 0 Å². The van der Waals surface area contributed by atoms with Crippen molar-refractivity contribution < 1.29 is 9.83 Å². The Balaban J connectivity index is 2.59. The second kappa shape index (κ2) is 7.74. The summed E-state index contributed by atoms with van der Waals surface area (Å²) in [6.07, 6.45) is 1.30. The minimum Gasteiger partial charge on any atom is -0.369 e. The molecule has 0 radical (unpaired) electrons. The van der Waals surface area contributed by atoms with E-state index < -0.39 is 5.03 Å². The van der Waals surface area contributed by atoms with Crippen LogP contribution in [0.5, 0.6) is 0 Å². The summed E-state index contributed by atoms with van der Waals surface area (Å²) < 4.78 is 0. The molecule has 120 valence electrons. The summed E-state index contributed by atoms with van der Waals surface area (Å²) in [6, 6.07) is 0.0710. The van der Waals surface area contributed by atoms with Crippen molar-refractivity contribution in [2.45, 2.75) is 18.9 Å². The number of nitrogens with two attached hydrogens (primary N) is 3. The maximum Gasteiger partial charge on any atom is 0.251 e. The number of hydrogen-bond acceptors (Lipinski definition) is 6. The molecule has 0 aromatic heterocycles. The highest BCUT2D eigenvalue weighted by Crippen LogP contribution is 2.29. The summed E-state index contributed by atoms with van der Waals surface area (Å²) >= 11 is 0. The van der Waals surface area contributed by atoms with Crippen molar-refractivity contribution in [3.05, 3.63) is 10.1 Å². The predicted octanol–water partition coefficient (Wildman–Crippen LogP) is -2.15. The number of hydrogen-bond donors (Lipinski definition) is 4. The number of aliphatic imine (C=N–C) groups is 1. The number of likely N-dealkylation sites (N-methyl/N-ethyl adjacent to an activating group) is 1. The first kappa shape index (κ1) is 17.1. The monoisotopic (exact) mass is 301 g/mol. The van der Waals surface area contributed by atoms with E-state index in [4.69, 9.17) is 17.2 Å². The predicted molar refractivity (Wildman–Crippen MR) is 77.5 cm³/mol. The molecule has 1 rings (SSSR count). The number of nitrogens with one attached hydrogen (secondary N) is 1. The van der Waals surface area contributed by atoms with Gasteiger partial charge in [0, 0.05) is 18.5 Å². The van der Waals surface area contributed by atoms with E-state index in [1.54, 1.807) is 5.43 Å². The number of likely N-dealkylation sites (tertiary alicyclic amines) is 1. The summed E-state index contributed by atoms with van der Waals surface area (Å²) in [5.41, 5.74) is 18.1. The Hall–Kier alpha value is -1.94. The standard InChI is InChI=1S/C11H23N7O3/c1-17-6-7(9(2-3-12)10(13)19)4-8(17)5-15-11(14)16-18(20)21/h7-9H,2-6,12H2,1H3,(H2,13,19)(H3,14,15,16). The second-order valence-electron chi connectivity index (χ2n) is 5.27. The van der Waals surface area contributed by atoms with Crippen LogP contribution in [0.3, 0.4) is 0 Å². The van der Waals surface area contributed by atoms with Gasteiger partial charge < -0.3 is 22.1 Å². The number of nitro groups is 1. The van der Waals surface area contributed by atoms with E-state index in [-0.39, 0.29) is 29.7 Å². The summed E-state index contributed by atoms with van der Waals surface area (Å²) in [5, 5.41) is 9.46. The highest BCUT2D eigenvalue weighted by Gasteiger charge is 2.36. The van der Waals surface area contributed by atoms with Crippen molar-refractivity contribution >= 4 is 11.9 Å². The van der Waals surface area contributed by atoms with Gasteiger partial charge in [0.2, 0.25) is 5.91 Å². The van der Waals surface area contributed by atoms with Crippen molar-refractivity contribution in [3.63, 3.8) is 0 Å². The van der Waals surface area contributed by atoms with E-state index in [1.165, 1.54) is 0 Å². The molecular weight excluding hydrogens is 278 g/mol. The lowest BCUT2D eigenvalue weighted by atomic mass is 9.87. The molecule has 21 heavy (non-hydrogen) atoms. The van der Waals surface area contributed by atoms with Gasteiger partial charge >= 0.3 is 0 Å². The van der Waals surface area contributed by atoms with Crippen LogP contribution in [-0.2, 0) is 4.79 Å². The molecule has 3 unspecified atom stereocenters. The molecule has 1 fully saturated rings. The molecule has 1 heterocycles. The zero-order chi connectivity index (χ0) is 16.0. The van der Waals surface area contributed by atoms with Gasteiger partial charge in [0.15, 0.2) is 5.03 Å². The van der Waals surface area contributed by atoms with E-state index in [2.05, 4.69) is 9.89 Å². The van der Waals surface area contributed by atoms with Gasteiger partial charge in [-0.1, -0.05) is 5.43 Å². The highest BCUT2D eigenvalue weighted by molar-refractivity contribution is 5.77. The zero-order valence-corrected chi connectivity index (χ0v) is 12.1. The Morgan fingerprint density at radius 3 is 2.76 bits per heavy atom. The van der Waals surface area contributed by atoms with Crippen LogP contribution in [-0.4, -0.2) is 54.5 Å². The van der Waals surface area contributed by atoms with Crippen LogP contribution in [0, 0.1) is 22.0 Å². The van der Waals surface area contributed by atoms with Gasteiger partial charge in [-0.05, 0) is 32.4 Å². The highest BCUT2D eigenvalue weighted by atomic mass is 16.7. The molecule has 0 aromatic carbocycles. The fourth-order valence-electron chi connectivity index (χ4n) is 2.75. The lowest BCUT2D eigenvalue weighted by Gasteiger charge is -2.19. The summed E-state index contributed by atoms with van der Waals surface area (Å²) in [7, 11) is 1.91. The van der Waals surface area contributed by atoms with Gasteiger partial charge in [0.1, 0.15) is 0 Å². The van der Waals surface area contributed by atoms with Crippen molar-refractivity contribution in [3.8, 4) is 0 Å². The lowest BCUT2D eigenvalue weighted by Crippen LogP contribution is -2.37.